The van der Waals surface area contributed by atoms with E-state index in [1.807, 2.05) is 6.20 Å². The Bertz CT molecular complexity index is 1420. The first-order valence-electron chi connectivity index (χ1n) is 15.0. The van der Waals surface area contributed by atoms with Gasteiger partial charge in [-0.15, -0.1) is 20.8 Å². The van der Waals surface area contributed by atoms with E-state index in [1.165, 1.54) is 27.7 Å². The predicted octanol–water partition coefficient (Wildman–Crippen LogP) is 4.64. The molecule has 4 aliphatic carbocycles. The van der Waals surface area contributed by atoms with Crippen molar-refractivity contribution >= 4 is 32.2 Å². The van der Waals surface area contributed by atoms with Gasteiger partial charge in [-0.3, -0.25) is 4.68 Å². The van der Waals surface area contributed by atoms with Gasteiger partial charge in [0.05, 0.1) is 29.4 Å². The first-order valence-corrected chi connectivity index (χ1v) is 16.0. The highest BCUT2D eigenvalue weighted by atomic mass is 35.5. The van der Waals surface area contributed by atoms with Crippen molar-refractivity contribution in [3.63, 3.8) is 0 Å². The van der Waals surface area contributed by atoms with Crippen LogP contribution in [0, 0.1) is 28.6 Å². The fourth-order valence-corrected chi connectivity index (χ4v) is 11.3. The summed E-state index contributed by atoms with van der Waals surface area (Å²) in [5.41, 5.74) is 3.51. The summed E-state index contributed by atoms with van der Waals surface area (Å²) < 4.78 is 26.9. The molecule has 2 unspecified atom stereocenters. The zero-order chi connectivity index (χ0) is 28.4. The summed E-state index contributed by atoms with van der Waals surface area (Å²) in [7, 11) is 2.74. The number of hydrogen-bond acceptors (Lipinski definition) is 6. The fourth-order valence-electron chi connectivity index (χ4n) is 10.6. The van der Waals surface area contributed by atoms with Crippen LogP contribution in [0.1, 0.15) is 63.3 Å². The highest BCUT2D eigenvalue weighted by Gasteiger charge is 2.81. The van der Waals surface area contributed by atoms with Crippen molar-refractivity contribution < 1.29 is 24.1 Å². The summed E-state index contributed by atoms with van der Waals surface area (Å²) in [5, 5.41) is 18.3. The average Bonchev–Trinajstić information content (AvgIpc) is 3.71. The van der Waals surface area contributed by atoms with E-state index >= 15 is 0 Å². The molecule has 8 rings (SSSR count). The van der Waals surface area contributed by atoms with Crippen molar-refractivity contribution in [2.45, 2.75) is 81.8 Å². The summed E-state index contributed by atoms with van der Waals surface area (Å²) in [5.74, 6) is -0.360. The first kappa shape index (κ1) is 27.3. The molecule has 0 bridgehead atoms. The van der Waals surface area contributed by atoms with Gasteiger partial charge in [-0.2, -0.15) is 5.10 Å². The molecular weight excluding hydrogens is 559 g/mol. The molecule has 2 saturated heterocycles. The maximum absolute atomic E-state index is 12.3. The number of rotatable bonds is 2. The minimum atomic E-state index is -0.934. The SMILES string of the molecule is C[C@@H]1C[C@H]2[C@@H]3CCC4=Cc5c(cnn5Cc5ccc(P)cc5)C[C@]4(C)[C@@]3(Cl)[C@@H](O)C[C@]2(C)[C@]12OCOC21COCO1. The van der Waals surface area contributed by atoms with E-state index in [0.29, 0.717) is 13.0 Å². The second-order valence-corrected chi connectivity index (χ2v) is 15.2. The normalized spacial score (nSPS) is 46.3. The third-order valence-corrected chi connectivity index (χ3v) is 13.6. The predicted molar refractivity (Wildman–Crippen MR) is 159 cm³/mol. The van der Waals surface area contributed by atoms with E-state index in [4.69, 9.17) is 35.6 Å². The number of fused-ring (bicyclic) bond motifs is 8. The molecule has 0 amide bonds. The van der Waals surface area contributed by atoms with Crippen LogP contribution in [0.4, 0.5) is 0 Å². The van der Waals surface area contributed by atoms with E-state index in [-0.39, 0.29) is 42.2 Å². The number of aliphatic hydroxyl groups is 1. The molecule has 7 nitrogen and oxygen atoms in total. The minimum Gasteiger partial charge on any atom is -0.391 e. The zero-order valence-electron chi connectivity index (χ0n) is 24.1. The van der Waals surface area contributed by atoms with Crippen molar-refractivity contribution in [2.75, 3.05) is 20.2 Å². The molecule has 1 aromatic carbocycles. The summed E-state index contributed by atoms with van der Waals surface area (Å²) in [4.78, 5) is -0.791. The lowest BCUT2D eigenvalue weighted by molar-refractivity contribution is -0.264. The maximum Gasteiger partial charge on any atom is 0.227 e. The highest BCUT2D eigenvalue weighted by molar-refractivity contribution is 7.27. The fraction of sp³-hybridized carbons (Fsp3) is 0.656. The molecular formula is C32H40ClN2O5P. The molecule has 2 aromatic rings. The molecule has 1 N–H and O–H groups in total. The summed E-state index contributed by atoms with van der Waals surface area (Å²) >= 11 is 7.93. The van der Waals surface area contributed by atoms with Gasteiger partial charge in [0.25, 0.3) is 0 Å². The van der Waals surface area contributed by atoms with Crippen molar-refractivity contribution in [1.29, 1.82) is 0 Å². The van der Waals surface area contributed by atoms with Crippen LogP contribution in [0.25, 0.3) is 6.08 Å². The molecule has 3 heterocycles. The smallest absolute Gasteiger partial charge is 0.227 e. The average molecular weight is 599 g/mol. The highest BCUT2D eigenvalue weighted by Crippen LogP contribution is 2.75. The number of allylic oxidation sites excluding steroid dienone is 1. The molecule has 2 spiro atoms. The van der Waals surface area contributed by atoms with Crippen LogP contribution in [-0.4, -0.2) is 57.4 Å². The second-order valence-electron chi connectivity index (χ2n) is 13.9. The van der Waals surface area contributed by atoms with Gasteiger partial charge in [0.15, 0.2) is 13.6 Å². The number of ether oxygens (including phenoxy) is 4. The minimum absolute atomic E-state index is 0.132. The van der Waals surface area contributed by atoms with Gasteiger partial charge in [0.2, 0.25) is 5.79 Å². The Kier molecular flexibility index (Phi) is 5.90. The number of nitrogens with zero attached hydrogens (tertiary/aromatic N) is 2. The Morgan fingerprint density at radius 3 is 2.66 bits per heavy atom. The van der Waals surface area contributed by atoms with Crippen molar-refractivity contribution in [1.82, 2.24) is 9.78 Å². The van der Waals surface area contributed by atoms with Gasteiger partial charge in [-0.05, 0) is 72.4 Å². The van der Waals surface area contributed by atoms with E-state index in [0.717, 1.165) is 32.2 Å². The van der Waals surface area contributed by atoms with Gasteiger partial charge < -0.3 is 24.1 Å². The molecule has 10 atom stereocenters. The second kappa shape index (κ2) is 8.88. The summed E-state index contributed by atoms with van der Waals surface area (Å²) in [6.07, 6.45) is 7.82. The molecule has 9 heteroatoms. The lowest BCUT2D eigenvalue weighted by Crippen LogP contribution is -2.71. The Hall–Kier alpha value is -1.31. The van der Waals surface area contributed by atoms with Crippen LogP contribution in [0.3, 0.4) is 0 Å². The third-order valence-electron chi connectivity index (χ3n) is 12.3. The molecule has 3 saturated carbocycles. The number of aliphatic hydroxyl groups excluding tert-OH is 1. The Morgan fingerprint density at radius 2 is 1.90 bits per heavy atom. The van der Waals surface area contributed by atoms with Crippen LogP contribution in [-0.2, 0) is 31.9 Å². The number of aromatic nitrogens is 2. The zero-order valence-corrected chi connectivity index (χ0v) is 26.0. The van der Waals surface area contributed by atoms with Gasteiger partial charge in [-0.1, -0.05) is 50.6 Å². The standard InChI is InChI=1S/C32H40ClN2O5P/c1-19-10-25-24-9-6-22-11-26-21(14-34-35(26)15-20-4-7-23(41)8-5-20)12-28(22,2)31(24,33)27(36)13-29(25,3)32(19)30(39-18-40-32)16-37-17-38-30/h4-5,7-8,11,14,19,24-25,27,36H,6,9-10,12-13,15-18,41H2,1-3H3/t19-,24+,25+,27+,28+,29+,30?,31+,32-/m1/s1. The van der Waals surface area contributed by atoms with Crippen molar-refractivity contribution in [2.24, 2.45) is 28.6 Å². The molecule has 0 radical (unpaired) electrons. The van der Waals surface area contributed by atoms with E-state index < -0.39 is 22.4 Å². The third kappa shape index (κ3) is 3.24. The monoisotopic (exact) mass is 598 g/mol. The first-order chi connectivity index (χ1) is 19.6. The number of halogens is 1. The molecule has 1 aromatic heterocycles. The molecule has 6 aliphatic rings. The van der Waals surface area contributed by atoms with Gasteiger partial charge in [-0.25, -0.2) is 0 Å². The Balaban J connectivity index is 1.16. The van der Waals surface area contributed by atoms with Crippen LogP contribution >= 0.6 is 20.8 Å². The van der Waals surface area contributed by atoms with Gasteiger partial charge in [0.1, 0.15) is 12.2 Å². The van der Waals surface area contributed by atoms with E-state index in [9.17, 15) is 5.11 Å². The summed E-state index contributed by atoms with van der Waals surface area (Å²) in [6.45, 7) is 8.31. The van der Waals surface area contributed by atoms with Crippen LogP contribution in [0.15, 0.2) is 36.0 Å². The number of alkyl halides is 1. The van der Waals surface area contributed by atoms with Gasteiger partial charge in [0, 0.05) is 10.8 Å². The summed E-state index contributed by atoms with van der Waals surface area (Å²) in [6, 6.07) is 8.55. The quantitative estimate of drug-likeness (QED) is 0.401. The molecule has 220 valence electrons. The lowest BCUT2D eigenvalue weighted by atomic mass is 9.44. The maximum atomic E-state index is 12.3. The van der Waals surface area contributed by atoms with E-state index in [2.05, 4.69) is 65.0 Å². The lowest BCUT2D eigenvalue weighted by Gasteiger charge is -2.65. The molecule has 2 aliphatic heterocycles. The number of hydrogen-bond donors (Lipinski definition) is 1. The molecule has 5 fully saturated rings. The topological polar surface area (TPSA) is 75.0 Å². The Labute approximate surface area is 249 Å². The Morgan fingerprint density at radius 1 is 1.12 bits per heavy atom. The van der Waals surface area contributed by atoms with Crippen LogP contribution in [0.5, 0.6) is 0 Å². The molecule has 41 heavy (non-hydrogen) atoms. The number of benzene rings is 1. The van der Waals surface area contributed by atoms with Gasteiger partial charge >= 0.3 is 0 Å². The van der Waals surface area contributed by atoms with E-state index in [1.54, 1.807) is 0 Å². The largest absolute Gasteiger partial charge is 0.391 e. The van der Waals surface area contributed by atoms with Crippen molar-refractivity contribution in [3.05, 3.63) is 52.9 Å². The van der Waals surface area contributed by atoms with Crippen LogP contribution < -0.4 is 5.30 Å². The van der Waals surface area contributed by atoms with Crippen LogP contribution in [0.2, 0.25) is 0 Å². The van der Waals surface area contributed by atoms with Crippen molar-refractivity contribution in [3.8, 4) is 0 Å².